The summed E-state index contributed by atoms with van der Waals surface area (Å²) in [5, 5.41) is 9.94. The second kappa shape index (κ2) is 6.73. The predicted molar refractivity (Wildman–Crippen MR) is 106 cm³/mol. The van der Waals surface area contributed by atoms with E-state index in [1.807, 2.05) is 12.3 Å². The molecule has 0 aromatic carbocycles. The number of hydrogen-bond donors (Lipinski definition) is 1. The van der Waals surface area contributed by atoms with Crippen LogP contribution in [0.2, 0.25) is 0 Å². The molecule has 0 radical (unpaired) electrons. The normalized spacial score (nSPS) is 16.9. The molecule has 1 amide bonds. The highest BCUT2D eigenvalue weighted by Gasteiger charge is 2.38. The lowest BCUT2D eigenvalue weighted by molar-refractivity contribution is -0.120. The van der Waals surface area contributed by atoms with Gasteiger partial charge in [0.25, 0.3) is 0 Å². The summed E-state index contributed by atoms with van der Waals surface area (Å²) in [6, 6.07) is -0.0927. The lowest BCUT2D eigenvalue weighted by Gasteiger charge is -2.42. The molecule has 4 rings (SSSR count). The molecular weight excluding hydrogens is 362 g/mol. The average Bonchev–Trinajstić information content (AvgIpc) is 3.34. The summed E-state index contributed by atoms with van der Waals surface area (Å²) in [7, 11) is 1.78. The van der Waals surface area contributed by atoms with Crippen molar-refractivity contribution in [1.29, 1.82) is 0 Å². The monoisotopic (exact) mass is 383 g/mol. The van der Waals surface area contributed by atoms with Gasteiger partial charge in [0.15, 0.2) is 11.6 Å². The van der Waals surface area contributed by atoms with Crippen molar-refractivity contribution in [2.45, 2.75) is 39.3 Å². The molecule has 3 aromatic heterocycles. The molecule has 1 N–H and O–H groups in total. The Bertz CT molecular complexity index is 966. The second-order valence-electron chi connectivity index (χ2n) is 6.71. The highest BCUT2D eigenvalue weighted by molar-refractivity contribution is 7.13. The molecule has 27 heavy (non-hydrogen) atoms. The van der Waals surface area contributed by atoms with Gasteiger partial charge >= 0.3 is 0 Å². The quantitative estimate of drug-likeness (QED) is 0.745. The SMILES string of the molecule is CCC1C(=O)N(C)c2cnc(-c3c[nH]nc3-c3nccs3)nc2N1C(C)C. The number of aromatic nitrogens is 5. The van der Waals surface area contributed by atoms with E-state index in [0.717, 1.165) is 34.2 Å². The summed E-state index contributed by atoms with van der Waals surface area (Å²) in [4.78, 5) is 30.2. The van der Waals surface area contributed by atoms with Gasteiger partial charge in [0.05, 0.1) is 11.8 Å². The minimum atomic E-state index is -0.229. The number of thiazole rings is 1. The van der Waals surface area contributed by atoms with Crippen LogP contribution in [-0.2, 0) is 4.79 Å². The van der Waals surface area contributed by atoms with Gasteiger partial charge in [-0.25, -0.2) is 15.0 Å². The zero-order chi connectivity index (χ0) is 19.1. The number of nitrogens with one attached hydrogen (secondary N) is 1. The number of fused-ring (bicyclic) bond motifs is 1. The van der Waals surface area contributed by atoms with Crippen molar-refractivity contribution in [3.63, 3.8) is 0 Å². The molecule has 0 fully saturated rings. The van der Waals surface area contributed by atoms with Gasteiger partial charge in [0.1, 0.15) is 22.4 Å². The molecule has 0 saturated carbocycles. The van der Waals surface area contributed by atoms with Gasteiger partial charge in [-0.2, -0.15) is 5.10 Å². The van der Waals surface area contributed by atoms with Crippen molar-refractivity contribution in [2.24, 2.45) is 0 Å². The summed E-state index contributed by atoms with van der Waals surface area (Å²) >= 11 is 1.52. The fraction of sp³-hybridized carbons (Fsp3) is 0.389. The Labute approximate surface area is 161 Å². The minimum absolute atomic E-state index is 0.0711. The Balaban J connectivity index is 1.86. The van der Waals surface area contributed by atoms with E-state index in [0.29, 0.717) is 5.82 Å². The Morgan fingerprint density at radius 2 is 2.15 bits per heavy atom. The average molecular weight is 383 g/mol. The van der Waals surface area contributed by atoms with E-state index < -0.39 is 0 Å². The Kier molecular flexibility index (Phi) is 4.39. The van der Waals surface area contributed by atoms with Crippen molar-refractivity contribution in [3.8, 4) is 22.1 Å². The van der Waals surface area contributed by atoms with Crippen LogP contribution in [0.25, 0.3) is 22.1 Å². The summed E-state index contributed by atoms with van der Waals surface area (Å²) in [6.45, 7) is 6.17. The molecule has 1 aliphatic heterocycles. The number of likely N-dealkylation sites (N-methyl/N-ethyl adjacent to an activating group) is 1. The smallest absolute Gasteiger partial charge is 0.249 e. The number of carbonyl (C=O) groups is 1. The highest BCUT2D eigenvalue weighted by atomic mass is 32.1. The van der Waals surface area contributed by atoms with Gasteiger partial charge in [-0.15, -0.1) is 11.3 Å². The lowest BCUT2D eigenvalue weighted by atomic mass is 10.1. The summed E-state index contributed by atoms with van der Waals surface area (Å²) < 4.78 is 0. The third-order valence-electron chi connectivity index (χ3n) is 4.77. The minimum Gasteiger partial charge on any atom is -0.340 e. The van der Waals surface area contributed by atoms with E-state index in [2.05, 4.69) is 38.9 Å². The Hall–Kier alpha value is -2.81. The number of carbonyl (C=O) groups excluding carboxylic acids is 1. The number of hydrogen-bond acceptors (Lipinski definition) is 7. The topological polar surface area (TPSA) is 90.9 Å². The summed E-state index contributed by atoms with van der Waals surface area (Å²) in [5.74, 6) is 1.41. The predicted octanol–water partition coefficient (Wildman–Crippen LogP) is 2.96. The highest BCUT2D eigenvalue weighted by Crippen LogP contribution is 2.38. The van der Waals surface area contributed by atoms with Crippen molar-refractivity contribution >= 4 is 28.7 Å². The molecule has 4 heterocycles. The molecule has 1 atom stereocenters. The van der Waals surface area contributed by atoms with E-state index >= 15 is 0 Å². The largest absolute Gasteiger partial charge is 0.340 e. The van der Waals surface area contributed by atoms with Gasteiger partial charge < -0.3 is 9.80 Å². The van der Waals surface area contributed by atoms with Crippen molar-refractivity contribution in [1.82, 2.24) is 25.1 Å². The number of nitrogens with zero attached hydrogens (tertiary/aromatic N) is 6. The van der Waals surface area contributed by atoms with Crippen molar-refractivity contribution in [2.75, 3.05) is 16.8 Å². The molecule has 1 aliphatic rings. The van der Waals surface area contributed by atoms with Crippen LogP contribution < -0.4 is 9.80 Å². The molecule has 0 bridgehead atoms. The fourth-order valence-corrected chi connectivity index (χ4v) is 4.11. The van der Waals surface area contributed by atoms with Crippen LogP contribution >= 0.6 is 11.3 Å². The molecule has 3 aromatic rings. The third-order valence-corrected chi connectivity index (χ3v) is 5.55. The van der Waals surface area contributed by atoms with Gasteiger partial charge in [-0.05, 0) is 20.3 Å². The number of H-pyrrole nitrogens is 1. The van der Waals surface area contributed by atoms with Gasteiger partial charge in [0.2, 0.25) is 5.91 Å². The van der Waals surface area contributed by atoms with E-state index in [9.17, 15) is 4.79 Å². The first-order valence-electron chi connectivity index (χ1n) is 8.89. The third kappa shape index (κ3) is 2.78. The first-order valence-corrected chi connectivity index (χ1v) is 9.77. The van der Waals surface area contributed by atoms with E-state index in [4.69, 9.17) is 4.98 Å². The van der Waals surface area contributed by atoms with Crippen LogP contribution in [0.5, 0.6) is 0 Å². The van der Waals surface area contributed by atoms with E-state index in [1.165, 1.54) is 11.3 Å². The van der Waals surface area contributed by atoms with Crippen LogP contribution in [-0.4, -0.2) is 50.2 Å². The standard InChI is InChI=1S/C18H21N7OS/c1-5-12-18(26)24(4)13-9-20-15(22-16(13)25(12)10(2)3)11-8-21-23-14(11)17-19-6-7-27-17/h6-10,12H,5H2,1-4H3,(H,21,23). The lowest BCUT2D eigenvalue weighted by Crippen LogP contribution is -2.54. The maximum atomic E-state index is 12.8. The Morgan fingerprint density at radius 1 is 1.33 bits per heavy atom. The van der Waals surface area contributed by atoms with Gasteiger partial charge in [-0.1, -0.05) is 6.92 Å². The van der Waals surface area contributed by atoms with E-state index in [1.54, 1.807) is 30.5 Å². The van der Waals surface area contributed by atoms with Gasteiger partial charge in [-0.3, -0.25) is 9.89 Å². The van der Waals surface area contributed by atoms with Crippen LogP contribution in [0.3, 0.4) is 0 Å². The maximum Gasteiger partial charge on any atom is 0.249 e. The van der Waals surface area contributed by atoms with Crippen molar-refractivity contribution < 1.29 is 4.79 Å². The number of anilines is 2. The van der Waals surface area contributed by atoms with Crippen LogP contribution in [0.4, 0.5) is 11.5 Å². The number of aromatic amines is 1. The van der Waals surface area contributed by atoms with Gasteiger partial charge in [0, 0.05) is 30.9 Å². The molecular formula is C18H21N7OS. The second-order valence-corrected chi connectivity index (χ2v) is 7.60. The summed E-state index contributed by atoms with van der Waals surface area (Å²) in [5.41, 5.74) is 2.25. The number of amides is 1. The number of rotatable bonds is 4. The van der Waals surface area contributed by atoms with Crippen LogP contribution in [0.1, 0.15) is 27.2 Å². The van der Waals surface area contributed by atoms with E-state index in [-0.39, 0.29) is 18.0 Å². The molecule has 0 aliphatic carbocycles. The Morgan fingerprint density at radius 3 is 2.81 bits per heavy atom. The summed E-state index contributed by atoms with van der Waals surface area (Å²) in [6.07, 6.45) is 5.97. The molecule has 8 nitrogen and oxygen atoms in total. The molecule has 9 heteroatoms. The van der Waals surface area contributed by atoms with Crippen LogP contribution in [0.15, 0.2) is 24.0 Å². The maximum absolute atomic E-state index is 12.8. The van der Waals surface area contributed by atoms with Crippen molar-refractivity contribution in [3.05, 3.63) is 24.0 Å². The zero-order valence-corrected chi connectivity index (χ0v) is 16.5. The zero-order valence-electron chi connectivity index (χ0n) is 15.7. The fourth-order valence-electron chi connectivity index (χ4n) is 3.47. The first-order chi connectivity index (χ1) is 13.0. The molecule has 0 saturated heterocycles. The molecule has 1 unspecified atom stereocenters. The first kappa shape index (κ1) is 17.6. The molecule has 140 valence electrons. The van der Waals surface area contributed by atoms with Crippen LogP contribution in [0, 0.1) is 0 Å². The molecule has 0 spiro atoms.